The van der Waals surface area contributed by atoms with Gasteiger partial charge < -0.3 is 5.73 Å². The molecule has 0 aromatic carbocycles. The first-order valence-corrected chi connectivity index (χ1v) is 4.28. The average molecular weight is 178 g/mol. The van der Waals surface area contributed by atoms with Crippen LogP contribution in [0.5, 0.6) is 0 Å². The van der Waals surface area contributed by atoms with Crippen LogP contribution in [-0.4, -0.2) is 11.3 Å². The van der Waals surface area contributed by atoms with Crippen LogP contribution >= 0.6 is 0 Å². The van der Waals surface area contributed by atoms with Gasteiger partial charge in [0, 0.05) is 0 Å². The van der Waals surface area contributed by atoms with Crippen molar-refractivity contribution in [3.63, 3.8) is 0 Å². The second kappa shape index (κ2) is 3.56. The molecule has 1 aromatic rings. The minimum atomic E-state index is 0.249. The molecule has 0 atom stereocenters. The van der Waals surface area contributed by atoms with Crippen LogP contribution in [-0.2, 0) is 0 Å². The molecule has 1 aromatic heterocycles. The number of anilines is 1. The zero-order valence-electron chi connectivity index (χ0n) is 8.16. The predicted molar refractivity (Wildman–Crippen MR) is 52.9 cm³/mol. The van der Waals surface area contributed by atoms with Crippen molar-refractivity contribution < 1.29 is 4.79 Å². The number of aldehydes is 1. The molecule has 0 radical (unpaired) electrons. The maximum absolute atomic E-state index is 10.5. The SMILES string of the molecule is Cc1cc(C=O)nc(C(C)C)c1N. The van der Waals surface area contributed by atoms with Crippen LogP contribution in [0.25, 0.3) is 0 Å². The third-order valence-corrected chi connectivity index (χ3v) is 1.98. The zero-order valence-corrected chi connectivity index (χ0v) is 8.16. The first-order valence-electron chi connectivity index (χ1n) is 4.28. The van der Waals surface area contributed by atoms with Crippen molar-refractivity contribution in [2.45, 2.75) is 26.7 Å². The first kappa shape index (κ1) is 9.71. The summed E-state index contributed by atoms with van der Waals surface area (Å²) in [5, 5.41) is 0. The second-order valence-electron chi connectivity index (χ2n) is 3.44. The van der Waals surface area contributed by atoms with Gasteiger partial charge in [-0.05, 0) is 24.5 Å². The summed E-state index contributed by atoms with van der Waals surface area (Å²) in [5.74, 6) is 0.249. The summed E-state index contributed by atoms with van der Waals surface area (Å²) in [6.07, 6.45) is 0.748. The van der Waals surface area contributed by atoms with Crippen molar-refractivity contribution in [3.05, 3.63) is 23.0 Å². The standard InChI is InChI=1S/C10H14N2O/c1-6(2)10-9(11)7(3)4-8(5-13)12-10/h4-6H,11H2,1-3H3. The topological polar surface area (TPSA) is 56.0 Å². The highest BCUT2D eigenvalue weighted by atomic mass is 16.1. The zero-order chi connectivity index (χ0) is 10.0. The predicted octanol–water partition coefficient (Wildman–Crippen LogP) is 1.91. The van der Waals surface area contributed by atoms with E-state index in [0.29, 0.717) is 11.4 Å². The van der Waals surface area contributed by atoms with Gasteiger partial charge in [0.15, 0.2) is 6.29 Å². The Labute approximate surface area is 78.0 Å². The molecule has 0 amide bonds. The van der Waals surface area contributed by atoms with Crippen LogP contribution in [0.2, 0.25) is 0 Å². The highest BCUT2D eigenvalue weighted by Gasteiger charge is 2.09. The molecule has 2 N–H and O–H groups in total. The fourth-order valence-corrected chi connectivity index (χ4v) is 1.23. The largest absolute Gasteiger partial charge is 0.397 e. The van der Waals surface area contributed by atoms with Gasteiger partial charge in [-0.15, -0.1) is 0 Å². The fraction of sp³-hybridized carbons (Fsp3) is 0.400. The molecular formula is C10H14N2O. The number of hydrogen-bond acceptors (Lipinski definition) is 3. The summed E-state index contributed by atoms with van der Waals surface area (Å²) in [7, 11) is 0. The van der Waals surface area contributed by atoms with Gasteiger partial charge in [-0.1, -0.05) is 13.8 Å². The van der Waals surface area contributed by atoms with E-state index < -0.39 is 0 Å². The summed E-state index contributed by atoms with van der Waals surface area (Å²) in [4.78, 5) is 14.7. The molecule has 70 valence electrons. The van der Waals surface area contributed by atoms with Gasteiger partial charge in [0.25, 0.3) is 0 Å². The van der Waals surface area contributed by atoms with Crippen molar-refractivity contribution in [3.8, 4) is 0 Å². The van der Waals surface area contributed by atoms with Crippen LogP contribution in [0.1, 0.15) is 41.5 Å². The molecule has 0 spiro atoms. The van der Waals surface area contributed by atoms with Crippen molar-refractivity contribution in [2.24, 2.45) is 0 Å². The number of aryl methyl sites for hydroxylation is 1. The summed E-state index contributed by atoms with van der Waals surface area (Å²) in [6.45, 7) is 5.90. The molecule has 0 saturated heterocycles. The smallest absolute Gasteiger partial charge is 0.168 e. The van der Waals surface area contributed by atoms with E-state index in [1.807, 2.05) is 20.8 Å². The third kappa shape index (κ3) is 1.86. The molecule has 1 heterocycles. The fourth-order valence-electron chi connectivity index (χ4n) is 1.23. The number of carbonyl (C=O) groups excluding carboxylic acids is 1. The lowest BCUT2D eigenvalue weighted by Crippen LogP contribution is -2.05. The summed E-state index contributed by atoms with van der Waals surface area (Å²) >= 11 is 0. The second-order valence-corrected chi connectivity index (χ2v) is 3.44. The Morgan fingerprint density at radius 3 is 2.62 bits per heavy atom. The van der Waals surface area contributed by atoms with Crippen molar-refractivity contribution in [1.29, 1.82) is 0 Å². The van der Waals surface area contributed by atoms with Gasteiger partial charge in [-0.2, -0.15) is 0 Å². The Kier molecular flexibility index (Phi) is 2.66. The van der Waals surface area contributed by atoms with E-state index in [1.54, 1.807) is 6.07 Å². The molecule has 3 heteroatoms. The highest BCUT2D eigenvalue weighted by molar-refractivity contribution is 5.74. The first-order chi connectivity index (χ1) is 6.06. The summed E-state index contributed by atoms with van der Waals surface area (Å²) < 4.78 is 0. The molecular weight excluding hydrogens is 164 g/mol. The normalized spacial score (nSPS) is 10.5. The van der Waals surface area contributed by atoms with E-state index in [4.69, 9.17) is 5.73 Å². The highest BCUT2D eigenvalue weighted by Crippen LogP contribution is 2.22. The Bertz CT molecular complexity index is 332. The van der Waals surface area contributed by atoms with Gasteiger partial charge in [0.05, 0.1) is 11.4 Å². The molecule has 0 fully saturated rings. The number of rotatable bonds is 2. The number of hydrogen-bond donors (Lipinski definition) is 1. The average Bonchev–Trinajstić information content (AvgIpc) is 2.09. The van der Waals surface area contributed by atoms with E-state index in [2.05, 4.69) is 4.98 Å². The van der Waals surface area contributed by atoms with Crippen LogP contribution < -0.4 is 5.73 Å². The van der Waals surface area contributed by atoms with E-state index >= 15 is 0 Å². The molecule has 0 bridgehead atoms. The van der Waals surface area contributed by atoms with Crippen LogP contribution in [0.15, 0.2) is 6.07 Å². The third-order valence-electron chi connectivity index (χ3n) is 1.98. The quantitative estimate of drug-likeness (QED) is 0.704. The van der Waals surface area contributed by atoms with Crippen molar-refractivity contribution >= 4 is 12.0 Å². The molecule has 0 aliphatic rings. The molecule has 0 unspecified atom stereocenters. The minimum Gasteiger partial charge on any atom is -0.397 e. The van der Waals surface area contributed by atoms with Crippen LogP contribution in [0.4, 0.5) is 5.69 Å². The van der Waals surface area contributed by atoms with Crippen molar-refractivity contribution in [1.82, 2.24) is 4.98 Å². The van der Waals surface area contributed by atoms with E-state index in [0.717, 1.165) is 17.5 Å². The summed E-state index contributed by atoms with van der Waals surface area (Å²) in [6, 6.07) is 1.70. The number of aromatic nitrogens is 1. The Morgan fingerprint density at radius 2 is 2.15 bits per heavy atom. The van der Waals surface area contributed by atoms with Gasteiger partial charge >= 0.3 is 0 Å². The molecule has 0 saturated carbocycles. The summed E-state index contributed by atoms with van der Waals surface area (Å²) in [5.41, 5.74) is 8.70. The van der Waals surface area contributed by atoms with Gasteiger partial charge in [-0.3, -0.25) is 4.79 Å². The maximum Gasteiger partial charge on any atom is 0.168 e. The van der Waals surface area contributed by atoms with E-state index in [1.165, 1.54) is 0 Å². The molecule has 1 rings (SSSR count). The lowest BCUT2D eigenvalue weighted by atomic mass is 10.0. The van der Waals surface area contributed by atoms with Crippen LogP contribution in [0.3, 0.4) is 0 Å². The lowest BCUT2D eigenvalue weighted by molar-refractivity contribution is 0.111. The number of nitrogen functional groups attached to an aromatic ring is 1. The number of nitrogens with zero attached hydrogens (tertiary/aromatic N) is 1. The molecule has 13 heavy (non-hydrogen) atoms. The van der Waals surface area contributed by atoms with E-state index in [9.17, 15) is 4.79 Å². The maximum atomic E-state index is 10.5. The molecule has 3 nitrogen and oxygen atoms in total. The van der Waals surface area contributed by atoms with Gasteiger partial charge in [-0.25, -0.2) is 4.98 Å². The minimum absolute atomic E-state index is 0.249. The Hall–Kier alpha value is -1.38. The Balaban J connectivity index is 3.32. The molecule has 0 aliphatic heterocycles. The molecule has 0 aliphatic carbocycles. The number of nitrogens with two attached hydrogens (primary N) is 1. The van der Waals surface area contributed by atoms with Gasteiger partial charge in [0.1, 0.15) is 5.69 Å². The lowest BCUT2D eigenvalue weighted by Gasteiger charge is -2.10. The van der Waals surface area contributed by atoms with Gasteiger partial charge in [0.2, 0.25) is 0 Å². The van der Waals surface area contributed by atoms with E-state index in [-0.39, 0.29) is 5.92 Å². The van der Waals surface area contributed by atoms with Crippen molar-refractivity contribution in [2.75, 3.05) is 5.73 Å². The van der Waals surface area contributed by atoms with Crippen LogP contribution in [0, 0.1) is 6.92 Å². The Morgan fingerprint density at radius 1 is 1.54 bits per heavy atom. The number of carbonyl (C=O) groups is 1. The number of pyridine rings is 1. The monoisotopic (exact) mass is 178 g/mol.